The van der Waals surface area contributed by atoms with Crippen LogP contribution in [0.5, 0.6) is 11.5 Å². The second kappa shape index (κ2) is 9.94. The van der Waals surface area contributed by atoms with E-state index in [4.69, 9.17) is 9.72 Å². The first-order chi connectivity index (χ1) is 15.5. The van der Waals surface area contributed by atoms with E-state index in [-0.39, 0.29) is 5.91 Å². The van der Waals surface area contributed by atoms with Gasteiger partial charge in [-0.25, -0.2) is 4.98 Å². The summed E-state index contributed by atoms with van der Waals surface area (Å²) in [7, 11) is 4.08. The van der Waals surface area contributed by atoms with Crippen LogP contribution in [0.4, 0.5) is 5.13 Å². The molecule has 4 rings (SSSR count). The number of anilines is 1. The number of carbonyl (C=O) groups is 1. The first-order valence-electron chi connectivity index (χ1n) is 10.7. The number of hydrogen-bond donors (Lipinski definition) is 0. The first-order valence-corrected chi connectivity index (χ1v) is 11.5. The first kappa shape index (κ1) is 22.0. The lowest BCUT2D eigenvalue weighted by Gasteiger charge is -2.22. The fourth-order valence-corrected chi connectivity index (χ4v) is 4.58. The van der Waals surface area contributed by atoms with Gasteiger partial charge in [0.2, 0.25) is 0 Å². The molecule has 0 spiro atoms. The normalized spacial score (nSPS) is 11.1. The van der Waals surface area contributed by atoms with Crippen LogP contribution in [0.3, 0.4) is 0 Å². The number of carbonyl (C=O) groups excluding carboxylic acids is 1. The highest BCUT2D eigenvalue weighted by molar-refractivity contribution is 7.22. The van der Waals surface area contributed by atoms with Crippen molar-refractivity contribution in [1.29, 1.82) is 0 Å². The van der Waals surface area contributed by atoms with Gasteiger partial charge in [0.15, 0.2) is 5.13 Å². The van der Waals surface area contributed by atoms with Gasteiger partial charge in [-0.1, -0.05) is 53.8 Å². The van der Waals surface area contributed by atoms with Crippen LogP contribution in [0.2, 0.25) is 0 Å². The van der Waals surface area contributed by atoms with Crippen molar-refractivity contribution in [3.05, 3.63) is 83.9 Å². The van der Waals surface area contributed by atoms with Crippen LogP contribution in [0.25, 0.3) is 10.2 Å². The number of amides is 1. The fourth-order valence-electron chi connectivity index (χ4n) is 3.51. The number of benzene rings is 3. The average molecular weight is 446 g/mol. The van der Waals surface area contributed by atoms with E-state index in [1.165, 1.54) is 0 Å². The van der Waals surface area contributed by atoms with Crippen LogP contribution in [0.15, 0.2) is 72.8 Å². The molecule has 3 aromatic carbocycles. The van der Waals surface area contributed by atoms with Crippen LogP contribution in [-0.2, 0) is 0 Å². The summed E-state index contributed by atoms with van der Waals surface area (Å²) >= 11 is 1.55. The van der Waals surface area contributed by atoms with Crippen molar-refractivity contribution in [2.45, 2.75) is 13.3 Å². The highest BCUT2D eigenvalue weighted by atomic mass is 32.1. The van der Waals surface area contributed by atoms with Gasteiger partial charge >= 0.3 is 0 Å². The minimum Gasteiger partial charge on any atom is -0.457 e. The Bertz CT molecular complexity index is 1200. The van der Waals surface area contributed by atoms with Gasteiger partial charge in [-0.2, -0.15) is 0 Å². The average Bonchev–Trinajstić information content (AvgIpc) is 3.23. The quantitative estimate of drug-likeness (QED) is 0.334. The summed E-state index contributed by atoms with van der Waals surface area (Å²) in [5.74, 6) is 1.13. The Morgan fingerprint density at radius 3 is 2.44 bits per heavy atom. The Morgan fingerprint density at radius 1 is 0.938 bits per heavy atom. The van der Waals surface area contributed by atoms with Crippen molar-refractivity contribution >= 4 is 32.6 Å². The number of ether oxygens (including phenoxy) is 1. The lowest BCUT2D eigenvalue weighted by Crippen LogP contribution is -2.33. The number of nitrogens with zero attached hydrogens (tertiary/aromatic N) is 3. The molecule has 0 unspecified atom stereocenters. The van der Waals surface area contributed by atoms with E-state index in [0.29, 0.717) is 28.7 Å². The third kappa shape index (κ3) is 4.98. The molecule has 0 aliphatic carbocycles. The highest BCUT2D eigenvalue weighted by Gasteiger charge is 2.24. The van der Waals surface area contributed by atoms with Crippen molar-refractivity contribution in [3.63, 3.8) is 0 Å². The summed E-state index contributed by atoms with van der Waals surface area (Å²) in [4.78, 5) is 22.5. The third-order valence-corrected chi connectivity index (χ3v) is 6.20. The number of aromatic nitrogens is 1. The zero-order chi connectivity index (χ0) is 22.5. The molecule has 0 saturated heterocycles. The minimum absolute atomic E-state index is 0.105. The van der Waals surface area contributed by atoms with Gasteiger partial charge in [0.25, 0.3) is 5.91 Å². The SMILES string of the molecule is Cc1cccc2sc(N(CCCN(C)C)C(=O)c3ccccc3Oc3ccccc3)nc12. The number of thiazole rings is 1. The van der Waals surface area contributed by atoms with Gasteiger partial charge in [0, 0.05) is 6.54 Å². The van der Waals surface area contributed by atoms with Gasteiger partial charge in [0.05, 0.1) is 15.8 Å². The second-order valence-corrected chi connectivity index (χ2v) is 8.95. The molecule has 0 radical (unpaired) electrons. The van der Waals surface area contributed by atoms with E-state index in [2.05, 4.69) is 11.0 Å². The largest absolute Gasteiger partial charge is 0.457 e. The van der Waals surface area contributed by atoms with Crippen molar-refractivity contribution in [2.75, 3.05) is 32.1 Å². The van der Waals surface area contributed by atoms with Crippen LogP contribution in [0, 0.1) is 6.92 Å². The van der Waals surface area contributed by atoms with Gasteiger partial charge in [0.1, 0.15) is 11.5 Å². The molecule has 0 N–H and O–H groups in total. The maximum atomic E-state index is 13.8. The smallest absolute Gasteiger partial charge is 0.263 e. The molecular formula is C26H27N3O2S. The maximum absolute atomic E-state index is 13.8. The van der Waals surface area contributed by atoms with E-state index in [1.54, 1.807) is 16.2 Å². The summed E-state index contributed by atoms with van der Waals surface area (Å²) < 4.78 is 7.15. The van der Waals surface area contributed by atoms with E-state index < -0.39 is 0 Å². The van der Waals surface area contributed by atoms with Crippen molar-refractivity contribution in [2.24, 2.45) is 0 Å². The lowest BCUT2D eigenvalue weighted by molar-refractivity contribution is 0.0984. The molecular weight excluding hydrogens is 418 g/mol. The fraction of sp³-hybridized carbons (Fsp3) is 0.231. The number of rotatable bonds is 8. The molecule has 32 heavy (non-hydrogen) atoms. The molecule has 6 heteroatoms. The predicted molar refractivity (Wildman–Crippen MR) is 132 cm³/mol. The molecule has 0 fully saturated rings. The van der Waals surface area contributed by atoms with E-state index >= 15 is 0 Å². The topological polar surface area (TPSA) is 45.7 Å². The van der Waals surface area contributed by atoms with Crippen molar-refractivity contribution in [1.82, 2.24) is 9.88 Å². The van der Waals surface area contributed by atoms with Crippen LogP contribution in [-0.4, -0.2) is 43.0 Å². The van der Waals surface area contributed by atoms with Crippen LogP contribution >= 0.6 is 11.3 Å². The zero-order valence-corrected chi connectivity index (χ0v) is 19.4. The van der Waals surface area contributed by atoms with Crippen LogP contribution in [0.1, 0.15) is 22.3 Å². The van der Waals surface area contributed by atoms with Gasteiger partial charge in [-0.05, 0) is 69.9 Å². The Balaban J connectivity index is 1.69. The molecule has 0 saturated carbocycles. The van der Waals surface area contributed by atoms with Crippen molar-refractivity contribution in [3.8, 4) is 11.5 Å². The Labute approximate surface area is 192 Å². The summed E-state index contributed by atoms with van der Waals surface area (Å²) in [6.45, 7) is 3.51. The van der Waals surface area contributed by atoms with Crippen molar-refractivity contribution < 1.29 is 9.53 Å². The zero-order valence-electron chi connectivity index (χ0n) is 18.6. The molecule has 0 bridgehead atoms. The Morgan fingerprint density at radius 2 is 1.69 bits per heavy atom. The molecule has 1 heterocycles. The number of fused-ring (bicyclic) bond motifs is 1. The summed E-state index contributed by atoms with van der Waals surface area (Å²) in [5, 5.41) is 0.715. The molecule has 164 valence electrons. The number of hydrogen-bond acceptors (Lipinski definition) is 5. The van der Waals surface area contributed by atoms with E-state index in [1.807, 2.05) is 87.7 Å². The van der Waals surface area contributed by atoms with E-state index in [9.17, 15) is 4.79 Å². The molecule has 1 amide bonds. The molecule has 0 atom stereocenters. The van der Waals surface area contributed by atoms with Gasteiger partial charge in [-0.15, -0.1) is 0 Å². The lowest BCUT2D eigenvalue weighted by atomic mass is 10.1. The van der Waals surface area contributed by atoms with E-state index in [0.717, 1.165) is 28.7 Å². The highest BCUT2D eigenvalue weighted by Crippen LogP contribution is 2.33. The molecule has 0 aliphatic heterocycles. The van der Waals surface area contributed by atoms with Crippen LogP contribution < -0.4 is 9.64 Å². The molecule has 4 aromatic rings. The molecule has 1 aromatic heterocycles. The molecule has 5 nitrogen and oxygen atoms in total. The second-order valence-electron chi connectivity index (χ2n) is 7.94. The Kier molecular flexibility index (Phi) is 6.83. The summed E-state index contributed by atoms with van der Waals surface area (Å²) in [6, 6.07) is 23.1. The summed E-state index contributed by atoms with van der Waals surface area (Å²) in [6.07, 6.45) is 0.843. The van der Waals surface area contributed by atoms with Gasteiger partial charge < -0.3 is 9.64 Å². The minimum atomic E-state index is -0.105. The Hall–Kier alpha value is -3.22. The van der Waals surface area contributed by atoms with Gasteiger partial charge in [-0.3, -0.25) is 9.69 Å². The third-order valence-electron chi connectivity index (χ3n) is 5.16. The standard InChI is InChI=1S/C26H27N3O2S/c1-19-11-9-16-23-24(19)27-26(32-23)29(18-10-17-28(2)3)25(30)21-14-7-8-15-22(21)31-20-12-5-4-6-13-20/h4-9,11-16H,10,17-18H2,1-3H3. The summed E-state index contributed by atoms with van der Waals surface area (Å²) in [5.41, 5.74) is 2.59. The maximum Gasteiger partial charge on any atom is 0.263 e. The predicted octanol–water partition coefficient (Wildman–Crippen LogP) is 6.00. The monoisotopic (exact) mass is 445 g/mol. The molecule has 0 aliphatic rings. The number of para-hydroxylation sites is 3. The number of aryl methyl sites for hydroxylation is 1.